The summed E-state index contributed by atoms with van der Waals surface area (Å²) < 4.78 is 71.8. The van der Waals surface area contributed by atoms with Crippen LogP contribution in [0.5, 0.6) is 5.75 Å². The molecule has 0 saturated carbocycles. The molecule has 0 spiro atoms. The third-order valence-corrected chi connectivity index (χ3v) is 7.38. The van der Waals surface area contributed by atoms with Crippen molar-refractivity contribution in [2.45, 2.75) is 38.0 Å². The second-order valence-corrected chi connectivity index (χ2v) is 9.19. The van der Waals surface area contributed by atoms with Crippen LogP contribution in [0.3, 0.4) is 0 Å². The summed E-state index contributed by atoms with van der Waals surface area (Å²) in [4.78, 5) is 11.0. The van der Waals surface area contributed by atoms with Gasteiger partial charge in [-0.2, -0.15) is 30.2 Å². The zero-order chi connectivity index (χ0) is 21.2. The monoisotopic (exact) mass is 436 g/mol. The average molecular weight is 436 g/mol. The summed E-state index contributed by atoms with van der Waals surface area (Å²) in [5.41, 5.74) is -0.752. The van der Waals surface area contributed by atoms with Crippen molar-refractivity contribution in [3.05, 3.63) is 29.8 Å². The Hall–Kier alpha value is -1.85. The molecule has 0 aliphatic carbocycles. The molecule has 162 valence electrons. The van der Waals surface area contributed by atoms with Crippen LogP contribution in [0.15, 0.2) is 24.3 Å². The van der Waals surface area contributed by atoms with Gasteiger partial charge in [0.05, 0.1) is 11.5 Å². The number of alkyl halides is 3. The molecule has 2 fully saturated rings. The van der Waals surface area contributed by atoms with Crippen LogP contribution in [0, 0.1) is 5.92 Å². The summed E-state index contributed by atoms with van der Waals surface area (Å²) in [6.07, 6.45) is -3.25. The number of halogens is 3. The molecule has 0 atom stereocenters. The average Bonchev–Trinajstić information content (AvgIpc) is 2.68. The van der Waals surface area contributed by atoms with Gasteiger partial charge in [0, 0.05) is 26.2 Å². The number of hydrogen-bond acceptors (Lipinski definition) is 4. The van der Waals surface area contributed by atoms with E-state index in [0.29, 0.717) is 31.4 Å². The highest BCUT2D eigenvalue weighted by Gasteiger charge is 2.37. The Morgan fingerprint density at radius 2 is 1.45 bits per heavy atom. The van der Waals surface area contributed by atoms with Crippen molar-refractivity contribution in [1.82, 2.24) is 8.61 Å². The fourth-order valence-corrected chi connectivity index (χ4v) is 5.26. The summed E-state index contributed by atoms with van der Waals surface area (Å²) in [5.74, 6) is -1.09. The van der Waals surface area contributed by atoms with E-state index in [1.165, 1.54) is 20.7 Å². The summed E-state index contributed by atoms with van der Waals surface area (Å²) in [5, 5.41) is 9.03. The number of carbonyl (C=O) groups is 1. The first kappa shape index (κ1) is 21.8. The van der Waals surface area contributed by atoms with E-state index in [9.17, 15) is 26.4 Å². The van der Waals surface area contributed by atoms with Crippen LogP contribution < -0.4 is 4.74 Å². The van der Waals surface area contributed by atoms with Gasteiger partial charge in [0.2, 0.25) is 0 Å². The Balaban J connectivity index is 1.51. The Kier molecular flexibility index (Phi) is 6.39. The zero-order valence-corrected chi connectivity index (χ0v) is 16.5. The van der Waals surface area contributed by atoms with Gasteiger partial charge in [0.1, 0.15) is 11.9 Å². The first-order valence-electron chi connectivity index (χ1n) is 9.39. The molecular formula is C18H23F3N2O5S. The van der Waals surface area contributed by atoms with Crippen molar-refractivity contribution in [3.8, 4) is 5.75 Å². The molecule has 0 aromatic heterocycles. The van der Waals surface area contributed by atoms with Crippen LogP contribution in [-0.4, -0.2) is 60.4 Å². The molecule has 1 aromatic rings. The molecule has 2 saturated heterocycles. The summed E-state index contributed by atoms with van der Waals surface area (Å²) in [7, 11) is -3.66. The lowest BCUT2D eigenvalue weighted by atomic mass is 9.99. The van der Waals surface area contributed by atoms with E-state index in [0.717, 1.165) is 12.1 Å². The zero-order valence-electron chi connectivity index (χ0n) is 15.6. The minimum atomic E-state index is -4.41. The Morgan fingerprint density at radius 3 is 1.90 bits per heavy atom. The number of piperidine rings is 2. The van der Waals surface area contributed by atoms with Gasteiger partial charge in [-0.3, -0.25) is 4.79 Å². The van der Waals surface area contributed by atoms with E-state index in [2.05, 4.69) is 0 Å². The number of hydrogen-bond donors (Lipinski definition) is 1. The highest BCUT2D eigenvalue weighted by atomic mass is 32.2. The van der Waals surface area contributed by atoms with Crippen molar-refractivity contribution in [3.63, 3.8) is 0 Å². The lowest BCUT2D eigenvalue weighted by molar-refractivity contribution is -0.143. The van der Waals surface area contributed by atoms with Gasteiger partial charge in [-0.1, -0.05) is 0 Å². The van der Waals surface area contributed by atoms with Crippen LogP contribution in [0.25, 0.3) is 0 Å². The topological polar surface area (TPSA) is 87.2 Å². The third kappa shape index (κ3) is 5.20. The number of aliphatic carboxylic acids is 1. The Bertz CT molecular complexity index is 813. The van der Waals surface area contributed by atoms with E-state index < -0.39 is 33.8 Å². The van der Waals surface area contributed by atoms with Crippen LogP contribution >= 0.6 is 0 Å². The van der Waals surface area contributed by atoms with E-state index in [1.807, 2.05) is 0 Å². The van der Waals surface area contributed by atoms with Crippen LogP contribution in [-0.2, 0) is 21.2 Å². The maximum absolute atomic E-state index is 12.8. The van der Waals surface area contributed by atoms with Crippen molar-refractivity contribution in [1.29, 1.82) is 0 Å². The molecule has 1 aromatic carbocycles. The largest absolute Gasteiger partial charge is 0.490 e. The van der Waals surface area contributed by atoms with Crippen LogP contribution in [0.1, 0.15) is 31.2 Å². The van der Waals surface area contributed by atoms with Crippen molar-refractivity contribution >= 4 is 16.2 Å². The minimum absolute atomic E-state index is 0.182. The lowest BCUT2D eigenvalue weighted by Crippen LogP contribution is -2.51. The minimum Gasteiger partial charge on any atom is -0.490 e. The number of carboxylic acid groups (broad SMARTS) is 1. The standard InChI is InChI=1S/C18H23F3N2O5S/c19-18(20,21)14-1-3-15(4-2-14)28-16-7-11-23(12-8-16)29(26,27)22-9-5-13(6-10-22)17(24)25/h1-4,13,16H,5-12H2,(H,24,25). The second kappa shape index (κ2) is 8.49. The number of rotatable bonds is 5. The van der Waals surface area contributed by atoms with Gasteiger partial charge in [-0.25, -0.2) is 0 Å². The molecule has 0 amide bonds. The summed E-state index contributed by atoms with van der Waals surface area (Å²) in [6.45, 7) is 0.849. The highest BCUT2D eigenvalue weighted by molar-refractivity contribution is 7.86. The highest BCUT2D eigenvalue weighted by Crippen LogP contribution is 2.31. The molecule has 29 heavy (non-hydrogen) atoms. The van der Waals surface area contributed by atoms with Crippen molar-refractivity contribution in [2.24, 2.45) is 5.92 Å². The fourth-order valence-electron chi connectivity index (χ4n) is 3.59. The van der Waals surface area contributed by atoms with Gasteiger partial charge in [-0.05, 0) is 49.9 Å². The number of benzene rings is 1. The fraction of sp³-hybridized carbons (Fsp3) is 0.611. The maximum Gasteiger partial charge on any atom is 0.416 e. The molecule has 2 heterocycles. The quantitative estimate of drug-likeness (QED) is 0.767. The molecular weight excluding hydrogens is 413 g/mol. The molecule has 0 unspecified atom stereocenters. The predicted octanol–water partition coefficient (Wildman–Crippen LogP) is 2.59. The maximum atomic E-state index is 12.8. The van der Waals surface area contributed by atoms with E-state index >= 15 is 0 Å². The molecule has 2 aliphatic rings. The van der Waals surface area contributed by atoms with E-state index in [1.54, 1.807) is 0 Å². The van der Waals surface area contributed by atoms with Crippen molar-refractivity contribution in [2.75, 3.05) is 26.2 Å². The lowest BCUT2D eigenvalue weighted by Gasteiger charge is -2.37. The molecule has 0 bridgehead atoms. The summed E-state index contributed by atoms with van der Waals surface area (Å²) in [6, 6.07) is 4.43. The number of nitrogens with zero attached hydrogens (tertiary/aromatic N) is 2. The van der Waals surface area contributed by atoms with E-state index in [4.69, 9.17) is 9.84 Å². The Labute approximate surface area is 167 Å². The van der Waals surface area contributed by atoms with Gasteiger partial charge < -0.3 is 9.84 Å². The van der Waals surface area contributed by atoms with Gasteiger partial charge >= 0.3 is 12.1 Å². The molecule has 1 N–H and O–H groups in total. The van der Waals surface area contributed by atoms with Gasteiger partial charge in [0.15, 0.2) is 0 Å². The SMILES string of the molecule is O=C(O)C1CCN(S(=O)(=O)N2CCC(Oc3ccc(C(F)(F)F)cc3)CC2)CC1. The van der Waals surface area contributed by atoms with Crippen LogP contribution in [0.4, 0.5) is 13.2 Å². The number of carboxylic acids is 1. The number of ether oxygens (including phenoxy) is 1. The molecule has 2 aliphatic heterocycles. The van der Waals surface area contributed by atoms with Gasteiger partial charge in [-0.15, -0.1) is 0 Å². The third-order valence-electron chi connectivity index (χ3n) is 5.34. The Morgan fingerprint density at radius 1 is 0.966 bits per heavy atom. The molecule has 7 nitrogen and oxygen atoms in total. The van der Waals surface area contributed by atoms with Crippen LogP contribution in [0.2, 0.25) is 0 Å². The first-order chi connectivity index (χ1) is 13.6. The second-order valence-electron chi connectivity index (χ2n) is 7.26. The summed E-state index contributed by atoms with van der Waals surface area (Å²) >= 11 is 0. The first-order valence-corrected chi connectivity index (χ1v) is 10.8. The molecule has 3 rings (SSSR count). The van der Waals surface area contributed by atoms with E-state index in [-0.39, 0.29) is 32.3 Å². The smallest absolute Gasteiger partial charge is 0.416 e. The van der Waals surface area contributed by atoms with Gasteiger partial charge in [0.25, 0.3) is 10.2 Å². The molecule has 0 radical (unpaired) electrons. The van der Waals surface area contributed by atoms with Crippen molar-refractivity contribution < 1.29 is 36.2 Å². The molecule has 11 heteroatoms. The normalized spacial score (nSPS) is 21.2. The predicted molar refractivity (Wildman–Crippen MR) is 97.5 cm³/mol.